The maximum absolute atomic E-state index is 11.8. The SMILES string of the molecule is O=[SH+]([O-])c1ccc(-c2cnn3cc(-c4ccc(OC5(CN6CCCC6)CC5)cc4)cnc23)c2ccccc12. The maximum Gasteiger partial charge on any atom is 0.162 e. The summed E-state index contributed by atoms with van der Waals surface area (Å²) in [6.45, 7) is 3.42. The highest BCUT2D eigenvalue weighted by Gasteiger charge is 2.47. The molecule has 0 amide bonds. The highest BCUT2D eigenvalue weighted by Crippen LogP contribution is 2.42. The van der Waals surface area contributed by atoms with E-state index in [-0.39, 0.29) is 5.60 Å². The molecule has 8 heteroatoms. The van der Waals surface area contributed by atoms with Crippen molar-refractivity contribution in [1.29, 1.82) is 0 Å². The summed E-state index contributed by atoms with van der Waals surface area (Å²) in [6, 6.07) is 19.3. The summed E-state index contributed by atoms with van der Waals surface area (Å²) < 4.78 is 31.7. The zero-order valence-corrected chi connectivity index (χ0v) is 21.8. The van der Waals surface area contributed by atoms with Crippen molar-refractivity contribution in [2.45, 2.75) is 36.2 Å². The summed E-state index contributed by atoms with van der Waals surface area (Å²) in [7, 11) is 0. The van der Waals surface area contributed by atoms with Crippen LogP contribution >= 0.6 is 0 Å². The van der Waals surface area contributed by atoms with Crippen molar-refractivity contribution in [3.05, 3.63) is 79.3 Å². The van der Waals surface area contributed by atoms with Crippen molar-refractivity contribution in [1.82, 2.24) is 19.5 Å². The van der Waals surface area contributed by atoms with Crippen LogP contribution in [0.4, 0.5) is 0 Å². The van der Waals surface area contributed by atoms with Crippen LogP contribution in [0, 0.1) is 0 Å². The Morgan fingerprint density at radius 2 is 1.66 bits per heavy atom. The summed E-state index contributed by atoms with van der Waals surface area (Å²) in [5.41, 5.74) is 4.47. The molecule has 1 unspecified atom stereocenters. The number of thiol groups is 1. The van der Waals surface area contributed by atoms with Crippen LogP contribution in [0.1, 0.15) is 25.7 Å². The van der Waals surface area contributed by atoms with E-state index in [4.69, 9.17) is 9.72 Å². The third kappa shape index (κ3) is 4.28. The average molecular weight is 525 g/mol. The second kappa shape index (κ2) is 9.31. The molecular formula is C30H28N4O3S. The van der Waals surface area contributed by atoms with Crippen LogP contribution in [0.3, 0.4) is 0 Å². The molecule has 3 aromatic carbocycles. The molecule has 2 fully saturated rings. The summed E-state index contributed by atoms with van der Waals surface area (Å²) in [6.07, 6.45) is 10.5. The molecule has 7 rings (SSSR count). The normalized spacial score (nSPS) is 17.7. The molecule has 0 bridgehead atoms. The highest BCUT2D eigenvalue weighted by molar-refractivity contribution is 7.79. The Morgan fingerprint density at radius 1 is 0.895 bits per heavy atom. The summed E-state index contributed by atoms with van der Waals surface area (Å²) in [4.78, 5) is 7.60. The van der Waals surface area contributed by atoms with Gasteiger partial charge in [-0.2, -0.15) is 5.10 Å². The number of ether oxygens (including phenoxy) is 1. The van der Waals surface area contributed by atoms with E-state index in [1.807, 2.05) is 54.9 Å². The smallest absolute Gasteiger partial charge is 0.162 e. The van der Waals surface area contributed by atoms with E-state index in [1.54, 1.807) is 16.8 Å². The zero-order valence-electron chi connectivity index (χ0n) is 20.9. The second-order valence-electron chi connectivity index (χ2n) is 10.4. The van der Waals surface area contributed by atoms with Crippen molar-refractivity contribution in [2.75, 3.05) is 19.6 Å². The summed E-state index contributed by atoms with van der Waals surface area (Å²) in [5, 5.41) is 6.14. The van der Waals surface area contributed by atoms with Gasteiger partial charge in [-0.15, -0.1) is 4.21 Å². The number of likely N-dealkylation sites (tertiary alicyclic amines) is 1. The first-order valence-corrected chi connectivity index (χ1v) is 14.3. The van der Waals surface area contributed by atoms with Crippen LogP contribution in [-0.2, 0) is 15.3 Å². The van der Waals surface area contributed by atoms with Crippen molar-refractivity contribution >= 4 is 27.5 Å². The molecule has 1 aliphatic carbocycles. The fourth-order valence-electron chi connectivity index (χ4n) is 5.64. The first-order valence-electron chi connectivity index (χ1n) is 13.1. The molecule has 1 saturated carbocycles. The van der Waals surface area contributed by atoms with Crippen molar-refractivity contribution in [3.8, 4) is 28.0 Å². The van der Waals surface area contributed by atoms with E-state index in [2.05, 4.69) is 22.1 Å². The van der Waals surface area contributed by atoms with E-state index in [0.717, 1.165) is 58.4 Å². The minimum Gasteiger partial charge on any atom is -0.612 e. The summed E-state index contributed by atoms with van der Waals surface area (Å²) in [5.74, 6) is 0.913. The third-order valence-corrected chi connectivity index (χ3v) is 8.57. The standard InChI is InChI=1S/C30H28N4O3S/c35-38(36)28-12-11-25(24-5-1-2-6-26(24)28)27-18-32-34-19-22(17-31-29(27)34)21-7-9-23(10-8-21)37-30(13-14-30)20-33-15-3-4-16-33/h1-2,5-12,17-19,38H,3-4,13-16,20H2. The first kappa shape index (κ1) is 23.5. The second-order valence-corrected chi connectivity index (χ2v) is 11.4. The lowest BCUT2D eigenvalue weighted by atomic mass is 10.00. The van der Waals surface area contributed by atoms with Gasteiger partial charge in [0.2, 0.25) is 0 Å². The van der Waals surface area contributed by atoms with Crippen LogP contribution in [0.2, 0.25) is 0 Å². The first-order chi connectivity index (χ1) is 18.6. The van der Waals surface area contributed by atoms with E-state index >= 15 is 0 Å². The van der Waals surface area contributed by atoms with Gasteiger partial charge in [0.25, 0.3) is 0 Å². The van der Waals surface area contributed by atoms with Gasteiger partial charge < -0.3 is 9.29 Å². The number of fused-ring (bicyclic) bond motifs is 2. The van der Waals surface area contributed by atoms with Gasteiger partial charge in [-0.25, -0.2) is 9.50 Å². The number of benzene rings is 3. The van der Waals surface area contributed by atoms with Crippen LogP contribution < -0.4 is 4.74 Å². The molecule has 1 saturated heterocycles. The maximum atomic E-state index is 11.8. The van der Waals surface area contributed by atoms with Gasteiger partial charge in [0.15, 0.2) is 10.5 Å². The van der Waals surface area contributed by atoms with Crippen LogP contribution in [0.25, 0.3) is 38.7 Å². The van der Waals surface area contributed by atoms with Gasteiger partial charge in [-0.05, 0) is 85.6 Å². The fourth-order valence-corrected chi connectivity index (χ4v) is 6.22. The van der Waals surface area contributed by atoms with Gasteiger partial charge in [0.1, 0.15) is 11.4 Å². The van der Waals surface area contributed by atoms with E-state index in [1.165, 1.54) is 25.9 Å². The van der Waals surface area contributed by atoms with Crippen molar-refractivity contribution < 1.29 is 13.5 Å². The quantitative estimate of drug-likeness (QED) is 0.209. The number of nitrogens with zero attached hydrogens (tertiary/aromatic N) is 4. The molecular weight excluding hydrogens is 496 g/mol. The molecule has 1 aliphatic heterocycles. The van der Waals surface area contributed by atoms with Crippen molar-refractivity contribution in [2.24, 2.45) is 0 Å². The molecule has 2 aliphatic rings. The summed E-state index contributed by atoms with van der Waals surface area (Å²) >= 11 is -2.69. The van der Waals surface area contributed by atoms with Gasteiger partial charge in [0.05, 0.1) is 17.3 Å². The monoisotopic (exact) mass is 524 g/mol. The molecule has 192 valence electrons. The van der Waals surface area contributed by atoms with Gasteiger partial charge in [-0.1, -0.05) is 30.3 Å². The van der Waals surface area contributed by atoms with Gasteiger partial charge in [-0.3, -0.25) is 4.90 Å². The largest absolute Gasteiger partial charge is 0.612 e. The number of aromatic nitrogens is 3. The highest BCUT2D eigenvalue weighted by atomic mass is 32.2. The molecule has 5 aromatic rings. The Hall–Kier alpha value is -3.59. The number of hydrogen-bond acceptors (Lipinski definition) is 6. The van der Waals surface area contributed by atoms with Crippen LogP contribution in [-0.4, -0.2) is 49.3 Å². The Labute approximate surface area is 223 Å². The Bertz CT molecular complexity index is 1670. The topological polar surface area (TPSA) is 82.8 Å². The van der Waals surface area contributed by atoms with Gasteiger partial charge in [0, 0.05) is 35.5 Å². The third-order valence-electron chi connectivity index (χ3n) is 7.78. The lowest BCUT2D eigenvalue weighted by molar-refractivity contribution is 0.126. The van der Waals surface area contributed by atoms with Crippen LogP contribution in [0.5, 0.6) is 5.75 Å². The van der Waals surface area contributed by atoms with E-state index in [9.17, 15) is 8.76 Å². The lowest BCUT2D eigenvalue weighted by Crippen LogP contribution is -2.35. The molecule has 2 aromatic heterocycles. The molecule has 7 nitrogen and oxygen atoms in total. The minimum atomic E-state index is -2.69. The molecule has 38 heavy (non-hydrogen) atoms. The minimum absolute atomic E-state index is 0.0104. The fraction of sp³-hybridized carbons (Fsp3) is 0.267. The molecule has 3 heterocycles. The number of hydrogen-bond donors (Lipinski definition) is 0. The Kier molecular flexibility index (Phi) is 5.76. The van der Waals surface area contributed by atoms with Crippen LogP contribution in [0.15, 0.2) is 84.1 Å². The zero-order chi connectivity index (χ0) is 25.7. The molecule has 1 atom stereocenters. The molecule has 0 N–H and O–H groups in total. The predicted molar refractivity (Wildman–Crippen MR) is 148 cm³/mol. The predicted octanol–water partition coefficient (Wildman–Crippen LogP) is 5.41. The molecule has 0 radical (unpaired) electrons. The van der Waals surface area contributed by atoms with E-state index in [0.29, 0.717) is 10.3 Å². The lowest BCUT2D eigenvalue weighted by Gasteiger charge is -2.24. The molecule has 0 spiro atoms. The Balaban J connectivity index is 1.15. The van der Waals surface area contributed by atoms with E-state index < -0.39 is 11.1 Å². The Morgan fingerprint density at radius 3 is 2.39 bits per heavy atom. The van der Waals surface area contributed by atoms with Crippen molar-refractivity contribution in [3.63, 3.8) is 0 Å². The number of rotatable bonds is 7. The average Bonchev–Trinajstić information content (AvgIpc) is 3.30. The van der Waals surface area contributed by atoms with Gasteiger partial charge >= 0.3 is 0 Å².